The van der Waals surface area contributed by atoms with Crippen LogP contribution in [0.1, 0.15) is 35.0 Å². The summed E-state index contributed by atoms with van der Waals surface area (Å²) >= 11 is 0. The van der Waals surface area contributed by atoms with Crippen LogP contribution in [-0.2, 0) is 0 Å². The lowest BCUT2D eigenvalue weighted by Crippen LogP contribution is -2.36. The maximum atomic E-state index is 12.8. The summed E-state index contributed by atoms with van der Waals surface area (Å²) < 4.78 is 21.6. The van der Waals surface area contributed by atoms with Crippen molar-refractivity contribution < 1.29 is 23.4 Å². The number of hydrogen-bond donors (Lipinski definition) is 1. The van der Waals surface area contributed by atoms with Gasteiger partial charge in [0.15, 0.2) is 11.5 Å². The van der Waals surface area contributed by atoms with Crippen LogP contribution in [0.25, 0.3) is 0 Å². The average molecular weight is 374 g/mol. The molecule has 7 nitrogen and oxygen atoms in total. The molecule has 1 N–H and O–H groups in total. The van der Waals surface area contributed by atoms with Crippen LogP contribution in [0.3, 0.4) is 0 Å². The molecule has 2 aromatic rings. The van der Waals surface area contributed by atoms with Gasteiger partial charge in [-0.2, -0.15) is 0 Å². The van der Waals surface area contributed by atoms with E-state index in [1.807, 2.05) is 12.1 Å². The molecule has 146 valence electrons. The largest absolute Gasteiger partial charge is 0.493 e. The molecule has 1 atom stereocenters. The van der Waals surface area contributed by atoms with E-state index < -0.39 is 0 Å². The molecule has 1 unspecified atom stereocenters. The van der Waals surface area contributed by atoms with E-state index in [2.05, 4.69) is 10.2 Å². The number of amides is 1. The summed E-state index contributed by atoms with van der Waals surface area (Å²) in [6.45, 7) is 2.47. The second kappa shape index (κ2) is 8.81. The number of benzene rings is 1. The standard InChI is InChI=1S/C20H26N2O5/c1-24-17-11-14(12-18(25-2)19(17)26-3)20(23)21-13-15(16-7-6-10-27-16)22-8-4-5-9-22/h6-7,10-12,15H,4-5,8-9,13H2,1-3H3,(H,21,23). The van der Waals surface area contributed by atoms with Crippen molar-refractivity contribution in [1.82, 2.24) is 10.2 Å². The number of hydrogen-bond acceptors (Lipinski definition) is 6. The zero-order valence-corrected chi connectivity index (χ0v) is 16.0. The molecule has 7 heteroatoms. The molecule has 0 aliphatic carbocycles. The van der Waals surface area contributed by atoms with Gasteiger partial charge >= 0.3 is 0 Å². The molecule has 1 aliphatic rings. The summed E-state index contributed by atoms with van der Waals surface area (Å²) in [6, 6.07) is 7.14. The smallest absolute Gasteiger partial charge is 0.251 e. The third kappa shape index (κ3) is 4.19. The quantitative estimate of drug-likeness (QED) is 0.766. The number of methoxy groups -OCH3 is 3. The number of ether oxygens (including phenoxy) is 3. The first-order valence-corrected chi connectivity index (χ1v) is 9.03. The van der Waals surface area contributed by atoms with Crippen molar-refractivity contribution in [3.8, 4) is 17.2 Å². The molecule has 0 radical (unpaired) electrons. The van der Waals surface area contributed by atoms with E-state index in [1.165, 1.54) is 21.3 Å². The highest BCUT2D eigenvalue weighted by Gasteiger charge is 2.26. The molecule has 1 aromatic heterocycles. The van der Waals surface area contributed by atoms with Crippen LogP contribution < -0.4 is 19.5 Å². The van der Waals surface area contributed by atoms with E-state index in [1.54, 1.807) is 18.4 Å². The minimum absolute atomic E-state index is 0.0217. The summed E-state index contributed by atoms with van der Waals surface area (Å²) in [4.78, 5) is 15.1. The predicted octanol–water partition coefficient (Wildman–Crippen LogP) is 2.87. The highest BCUT2D eigenvalue weighted by molar-refractivity contribution is 5.95. The molecule has 27 heavy (non-hydrogen) atoms. The van der Waals surface area contributed by atoms with Crippen LogP contribution in [-0.4, -0.2) is 51.8 Å². The molecular weight excluding hydrogens is 348 g/mol. The Kier molecular flexibility index (Phi) is 6.24. The maximum Gasteiger partial charge on any atom is 0.251 e. The van der Waals surface area contributed by atoms with Gasteiger partial charge in [-0.1, -0.05) is 0 Å². The molecular formula is C20H26N2O5. The maximum absolute atomic E-state index is 12.8. The molecule has 0 bridgehead atoms. The Morgan fingerprint density at radius 2 is 1.81 bits per heavy atom. The van der Waals surface area contributed by atoms with Gasteiger partial charge in [0.25, 0.3) is 5.91 Å². The summed E-state index contributed by atoms with van der Waals surface area (Å²) in [5.41, 5.74) is 0.448. The van der Waals surface area contributed by atoms with Crippen molar-refractivity contribution in [2.24, 2.45) is 0 Å². The van der Waals surface area contributed by atoms with Gasteiger partial charge in [0.05, 0.1) is 33.6 Å². The first-order chi connectivity index (χ1) is 13.2. The number of likely N-dealkylation sites (tertiary alicyclic amines) is 1. The SMILES string of the molecule is COc1cc(C(=O)NCC(c2ccco2)N2CCCC2)cc(OC)c1OC. The zero-order valence-electron chi connectivity index (χ0n) is 16.0. The van der Waals surface area contributed by atoms with Gasteiger partial charge in [-0.25, -0.2) is 0 Å². The summed E-state index contributed by atoms with van der Waals surface area (Å²) in [7, 11) is 4.59. The Morgan fingerprint density at radius 3 is 2.33 bits per heavy atom. The van der Waals surface area contributed by atoms with E-state index >= 15 is 0 Å². The van der Waals surface area contributed by atoms with Crippen molar-refractivity contribution in [3.63, 3.8) is 0 Å². The molecule has 1 aliphatic heterocycles. The first-order valence-electron chi connectivity index (χ1n) is 9.03. The average Bonchev–Trinajstić information content (AvgIpc) is 3.41. The highest BCUT2D eigenvalue weighted by atomic mass is 16.5. The topological polar surface area (TPSA) is 73.2 Å². The van der Waals surface area contributed by atoms with Crippen LogP contribution >= 0.6 is 0 Å². The molecule has 0 spiro atoms. The number of nitrogens with zero attached hydrogens (tertiary/aromatic N) is 1. The highest BCUT2D eigenvalue weighted by Crippen LogP contribution is 2.38. The van der Waals surface area contributed by atoms with E-state index in [9.17, 15) is 4.79 Å². The molecule has 1 aromatic carbocycles. The van der Waals surface area contributed by atoms with E-state index in [-0.39, 0.29) is 11.9 Å². The minimum atomic E-state index is -0.204. The molecule has 0 saturated carbocycles. The summed E-state index contributed by atoms with van der Waals surface area (Å²) in [6.07, 6.45) is 4.00. The molecule has 3 rings (SSSR count). The van der Waals surface area contributed by atoms with E-state index in [0.717, 1.165) is 31.7 Å². The van der Waals surface area contributed by atoms with Crippen molar-refractivity contribution in [3.05, 3.63) is 41.9 Å². The fraction of sp³-hybridized carbons (Fsp3) is 0.450. The normalized spacial score (nSPS) is 15.4. The molecule has 1 amide bonds. The van der Waals surface area contributed by atoms with E-state index in [0.29, 0.717) is 29.4 Å². The van der Waals surface area contributed by atoms with Crippen LogP contribution in [0.4, 0.5) is 0 Å². The van der Waals surface area contributed by atoms with Crippen molar-refractivity contribution in [1.29, 1.82) is 0 Å². The monoisotopic (exact) mass is 374 g/mol. The zero-order chi connectivity index (χ0) is 19.2. The number of carbonyl (C=O) groups is 1. The Labute approximate surface area is 159 Å². The first kappa shape index (κ1) is 19.1. The number of nitrogens with one attached hydrogen (secondary N) is 1. The van der Waals surface area contributed by atoms with Gasteiger partial charge in [0.2, 0.25) is 5.75 Å². The Morgan fingerprint density at radius 1 is 1.15 bits per heavy atom. The van der Waals surface area contributed by atoms with Crippen molar-refractivity contribution in [2.45, 2.75) is 18.9 Å². The Bertz CT molecular complexity index is 729. The van der Waals surface area contributed by atoms with E-state index in [4.69, 9.17) is 18.6 Å². The van der Waals surface area contributed by atoms with Gasteiger partial charge in [0.1, 0.15) is 5.76 Å². The van der Waals surface area contributed by atoms with Crippen molar-refractivity contribution in [2.75, 3.05) is 41.0 Å². The van der Waals surface area contributed by atoms with Gasteiger partial charge in [0, 0.05) is 12.1 Å². The summed E-state index contributed by atoms with van der Waals surface area (Å²) in [5.74, 6) is 2.02. The van der Waals surface area contributed by atoms with Crippen LogP contribution in [0.15, 0.2) is 34.9 Å². The number of furan rings is 1. The molecule has 1 saturated heterocycles. The van der Waals surface area contributed by atoms with Gasteiger partial charge in [-0.3, -0.25) is 9.69 Å². The third-order valence-corrected chi connectivity index (χ3v) is 4.84. The summed E-state index contributed by atoms with van der Waals surface area (Å²) in [5, 5.41) is 3.01. The second-order valence-electron chi connectivity index (χ2n) is 6.40. The lowest BCUT2D eigenvalue weighted by Gasteiger charge is -2.26. The number of rotatable bonds is 8. The van der Waals surface area contributed by atoms with Crippen LogP contribution in [0.2, 0.25) is 0 Å². The van der Waals surface area contributed by atoms with Gasteiger partial charge in [-0.05, 0) is 50.2 Å². The van der Waals surface area contributed by atoms with Gasteiger partial charge < -0.3 is 23.9 Å². The Hall–Kier alpha value is -2.67. The molecule has 2 heterocycles. The number of carbonyl (C=O) groups excluding carboxylic acids is 1. The fourth-order valence-electron chi connectivity index (χ4n) is 3.45. The van der Waals surface area contributed by atoms with Gasteiger partial charge in [-0.15, -0.1) is 0 Å². The second-order valence-corrected chi connectivity index (χ2v) is 6.40. The van der Waals surface area contributed by atoms with Crippen LogP contribution in [0, 0.1) is 0 Å². The lowest BCUT2D eigenvalue weighted by atomic mass is 10.1. The lowest BCUT2D eigenvalue weighted by molar-refractivity contribution is 0.0933. The fourth-order valence-corrected chi connectivity index (χ4v) is 3.45. The van der Waals surface area contributed by atoms with Crippen molar-refractivity contribution >= 4 is 5.91 Å². The molecule has 1 fully saturated rings. The predicted molar refractivity (Wildman–Crippen MR) is 101 cm³/mol. The van der Waals surface area contributed by atoms with Crippen LogP contribution in [0.5, 0.6) is 17.2 Å². The Balaban J connectivity index is 1.76. The minimum Gasteiger partial charge on any atom is -0.493 e. The third-order valence-electron chi connectivity index (χ3n) is 4.84.